The van der Waals surface area contributed by atoms with Crippen molar-refractivity contribution in [3.05, 3.63) is 504 Å². The van der Waals surface area contributed by atoms with Crippen LogP contribution in [0, 0.1) is 0 Å². The van der Waals surface area contributed by atoms with Gasteiger partial charge in [0.15, 0.2) is 0 Å². The first kappa shape index (κ1) is 80.6. The van der Waals surface area contributed by atoms with Gasteiger partial charge in [-0.15, -0.1) is 0 Å². The molecule has 0 aliphatic heterocycles. The normalized spacial score (nSPS) is 12.2. The minimum absolute atomic E-state index is 1.02. The van der Waals surface area contributed by atoms with Crippen LogP contribution in [-0.4, -0.2) is 4.98 Å². The Kier molecular flexibility index (Phi) is 17.2. The van der Waals surface area contributed by atoms with Crippen LogP contribution in [0.25, 0.3) is 292 Å². The molecule has 0 N–H and O–H groups in total. The predicted molar refractivity (Wildman–Crippen MR) is 630 cm³/mol. The largest absolute Gasteiger partial charge is 0.310 e. The topological polar surface area (TPSA) is 19.4 Å². The Balaban J connectivity index is 0.0000000994. The van der Waals surface area contributed by atoms with Crippen molar-refractivity contribution in [1.82, 2.24) is 4.98 Å². The van der Waals surface area contributed by atoms with Crippen molar-refractivity contribution in [3.63, 3.8) is 0 Å². The van der Waals surface area contributed by atoms with Crippen molar-refractivity contribution in [3.8, 4) is 33.5 Å². The fourth-order valence-corrected chi connectivity index (χ4v) is 26.4. The summed E-state index contributed by atoms with van der Waals surface area (Å²) >= 11 is 0. The standard InChI is InChI=1S/C58H35N.C46H27N.C39H21N/c1-5-17-36(18-6-1)53-49-35-48-44-31-32-52(59(39-22-9-3-10-23-39)40-24-11-4-12-25-40)45-29-15-28-43(55(44)45)47(48)34-50(49)54(37-19-7-2-8-20-37)58-51-33-38-21-13-14-26-41(38)42-27-16-30-46(56(42)51)57(53)58;1-3-12-31(13-4-1)47(32-14-5-2-6-15-32)44-22-21-37-41-26-29-25-40-36-18-9-17-34-33-16-8-7-11-28(33)23-43(46(34)36)42(40)27-30(29)24-39(41)35-19-10-20-38(44)45(35)37;1-2-8-25-22(7-1)17-36-35-21-24-18-32-29-11-6-10-28-26(37-13-3-4-16-40-37)14-15-31(38(28)29)34(32)20-23(24)19-33(35)30-12-5-9-27(25)39(30)36/h1-35H;1-27H;1-21H. The van der Waals surface area contributed by atoms with Gasteiger partial charge in [0.05, 0.1) is 17.1 Å². The molecule has 3 nitrogen and oxygen atoms in total. The SMILES string of the molecule is c1ccc(-c2c3cc4c(cc3c(-c3ccccc3)c3c5cc6ccccc6c6cccc(c23)c65)c2cccc3c(N(c5ccccc5)c5ccccc5)ccc4c32)cc1.c1ccc(-c2ccc3c4cc5cc6c(cc5cc4c4cccc2c34)c2cc3ccccc3c3cccc6c32)nc1.c1ccc(N(c2ccccc2)c2ccc3c4cc5cc6c(cc5cc4c4cccc2c34)c2cc3ccccc3c3cccc6c32)cc1. The summed E-state index contributed by atoms with van der Waals surface area (Å²) in [6.45, 7) is 0. The van der Waals surface area contributed by atoms with Gasteiger partial charge in [0.25, 0.3) is 0 Å². The van der Waals surface area contributed by atoms with Gasteiger partial charge in [-0.2, -0.15) is 0 Å². The zero-order valence-electron chi connectivity index (χ0n) is 79.3. The Morgan fingerprint density at radius 2 is 0.377 bits per heavy atom. The lowest BCUT2D eigenvalue weighted by Gasteiger charge is -2.27. The van der Waals surface area contributed by atoms with Gasteiger partial charge in [0, 0.05) is 45.3 Å². The molecule has 34 rings (SSSR count). The lowest BCUT2D eigenvalue weighted by atomic mass is 9.85. The van der Waals surface area contributed by atoms with E-state index < -0.39 is 0 Å². The fraction of sp³-hybridized carbons (Fsp3) is 0. The smallest absolute Gasteiger partial charge is 0.0708 e. The van der Waals surface area contributed by atoms with Crippen LogP contribution in [0.1, 0.15) is 0 Å². The van der Waals surface area contributed by atoms with E-state index in [1.54, 1.807) is 0 Å². The van der Waals surface area contributed by atoms with E-state index in [0.717, 1.165) is 28.4 Å². The van der Waals surface area contributed by atoms with E-state index in [0.29, 0.717) is 0 Å². The molecule has 0 bridgehead atoms. The molecule has 0 atom stereocenters. The number of fused-ring (bicyclic) bond motifs is 27. The van der Waals surface area contributed by atoms with E-state index in [4.69, 9.17) is 0 Å². The van der Waals surface area contributed by atoms with Crippen LogP contribution < -0.4 is 9.80 Å². The van der Waals surface area contributed by atoms with Crippen molar-refractivity contribution in [1.29, 1.82) is 0 Å². The molecule has 0 radical (unpaired) electrons. The number of benzene rings is 27. The Hall–Kier alpha value is -19.2. The fourth-order valence-electron chi connectivity index (χ4n) is 26.4. The molecule has 0 fully saturated rings. The lowest BCUT2D eigenvalue weighted by Crippen LogP contribution is -2.10. The van der Waals surface area contributed by atoms with Gasteiger partial charge >= 0.3 is 0 Å². The molecule has 0 aliphatic rings. The highest BCUT2D eigenvalue weighted by Crippen LogP contribution is 2.58. The zero-order chi connectivity index (χ0) is 95.2. The van der Waals surface area contributed by atoms with E-state index in [1.165, 1.54) is 298 Å². The van der Waals surface area contributed by atoms with Gasteiger partial charge < -0.3 is 9.80 Å². The second-order valence-corrected chi connectivity index (χ2v) is 39.9. The maximum atomic E-state index is 4.66. The maximum absolute atomic E-state index is 4.66. The number of nitrogens with zero attached hydrogens (tertiary/aromatic N) is 3. The summed E-state index contributed by atoms with van der Waals surface area (Å²) in [4.78, 5) is 9.44. The van der Waals surface area contributed by atoms with Crippen molar-refractivity contribution < 1.29 is 0 Å². The number of hydrogen-bond donors (Lipinski definition) is 0. The number of pyridine rings is 1. The van der Waals surface area contributed by atoms with Gasteiger partial charge in [0.2, 0.25) is 0 Å². The van der Waals surface area contributed by atoms with Crippen molar-refractivity contribution in [2.45, 2.75) is 0 Å². The van der Waals surface area contributed by atoms with Crippen molar-refractivity contribution >= 4 is 293 Å². The highest BCUT2D eigenvalue weighted by atomic mass is 15.1. The molecule has 1 aromatic heterocycles. The van der Waals surface area contributed by atoms with Crippen LogP contribution in [0.5, 0.6) is 0 Å². The summed E-state index contributed by atoms with van der Waals surface area (Å²) in [6, 6.07) is 184. The Bertz CT molecular complexity index is 11300. The Morgan fingerprint density at radius 3 is 0.740 bits per heavy atom. The van der Waals surface area contributed by atoms with Crippen LogP contribution in [0.2, 0.25) is 0 Å². The average Bonchev–Trinajstić information content (AvgIpc) is 1.50. The first-order chi connectivity index (χ1) is 72.5. The minimum atomic E-state index is 1.02. The van der Waals surface area contributed by atoms with Gasteiger partial charge in [-0.3, -0.25) is 4.98 Å². The summed E-state index contributed by atoms with van der Waals surface area (Å²) in [5, 5.41) is 63.2. The second-order valence-electron chi connectivity index (χ2n) is 39.9. The van der Waals surface area contributed by atoms with E-state index in [9.17, 15) is 0 Å². The highest BCUT2D eigenvalue weighted by molar-refractivity contribution is 6.46. The van der Waals surface area contributed by atoms with Crippen LogP contribution in [0.3, 0.4) is 0 Å². The molecule has 0 unspecified atom stereocenters. The van der Waals surface area contributed by atoms with Crippen LogP contribution in [-0.2, 0) is 0 Å². The van der Waals surface area contributed by atoms with Gasteiger partial charge in [-0.05, 0) is 422 Å². The molecule has 34 aromatic rings. The van der Waals surface area contributed by atoms with Crippen LogP contribution in [0.4, 0.5) is 34.1 Å². The second kappa shape index (κ2) is 31.2. The molecule has 1 heterocycles. The summed E-state index contributed by atoms with van der Waals surface area (Å²) < 4.78 is 0. The third-order valence-corrected chi connectivity index (χ3v) is 32.4. The number of para-hydroxylation sites is 4. The molecular weight excluding hydrogens is 1760 g/mol. The van der Waals surface area contributed by atoms with E-state index in [1.807, 2.05) is 12.3 Å². The molecule has 0 spiro atoms. The summed E-state index contributed by atoms with van der Waals surface area (Å²) in [5.41, 5.74) is 14.2. The molecule has 33 aromatic carbocycles. The highest BCUT2D eigenvalue weighted by Gasteiger charge is 2.30. The molecule has 0 saturated heterocycles. The molecule has 0 aliphatic carbocycles. The van der Waals surface area contributed by atoms with Crippen molar-refractivity contribution in [2.24, 2.45) is 0 Å². The van der Waals surface area contributed by atoms with Gasteiger partial charge in [-0.1, -0.05) is 346 Å². The summed E-state index contributed by atoms with van der Waals surface area (Å²) in [7, 11) is 0. The Morgan fingerprint density at radius 1 is 0.130 bits per heavy atom. The molecular formula is C143H83N3. The predicted octanol–water partition coefficient (Wildman–Crippen LogP) is 40.7. The van der Waals surface area contributed by atoms with E-state index >= 15 is 0 Å². The van der Waals surface area contributed by atoms with E-state index in [2.05, 4.69) is 506 Å². The van der Waals surface area contributed by atoms with Gasteiger partial charge in [-0.25, -0.2) is 0 Å². The molecule has 146 heavy (non-hydrogen) atoms. The average molecular weight is 1840 g/mol. The van der Waals surface area contributed by atoms with Gasteiger partial charge in [0.1, 0.15) is 0 Å². The van der Waals surface area contributed by atoms with Crippen LogP contribution in [0.15, 0.2) is 504 Å². The minimum Gasteiger partial charge on any atom is -0.310 e. The lowest BCUT2D eigenvalue weighted by molar-refractivity contribution is 1.30. The maximum Gasteiger partial charge on any atom is 0.0708 e. The third kappa shape index (κ3) is 11.7. The number of anilines is 6. The first-order valence-corrected chi connectivity index (χ1v) is 50.8. The number of rotatable bonds is 9. The quantitative estimate of drug-likeness (QED) is 0.134. The Labute approximate surface area is 838 Å². The molecule has 670 valence electrons. The van der Waals surface area contributed by atoms with Crippen LogP contribution >= 0.6 is 0 Å². The first-order valence-electron chi connectivity index (χ1n) is 50.8. The summed E-state index contributed by atoms with van der Waals surface area (Å²) in [6.07, 6.45) is 1.88. The third-order valence-electron chi connectivity index (χ3n) is 32.4. The zero-order valence-corrected chi connectivity index (χ0v) is 79.3. The number of aromatic nitrogens is 1. The molecule has 3 heteroatoms. The van der Waals surface area contributed by atoms with E-state index in [-0.39, 0.29) is 0 Å². The molecule has 0 amide bonds. The van der Waals surface area contributed by atoms with Crippen molar-refractivity contribution in [2.75, 3.05) is 9.80 Å². The monoisotopic (exact) mass is 1840 g/mol. The summed E-state index contributed by atoms with van der Waals surface area (Å²) in [5.74, 6) is 0. The molecule has 0 saturated carbocycles. The number of hydrogen-bond acceptors (Lipinski definition) is 3.